The number of aliphatic carboxylic acids is 1. The third-order valence-electron chi connectivity index (χ3n) is 5.31. The highest BCUT2D eigenvalue weighted by Gasteiger charge is 2.56. The van der Waals surface area contributed by atoms with E-state index in [4.69, 9.17) is 0 Å². The largest absolute Gasteiger partial charge is 0.481 e. The minimum absolute atomic E-state index is 0.0609. The van der Waals surface area contributed by atoms with E-state index in [1.807, 2.05) is 31.2 Å². The van der Waals surface area contributed by atoms with Gasteiger partial charge in [-0.3, -0.25) is 9.59 Å². The summed E-state index contributed by atoms with van der Waals surface area (Å²) in [6.45, 7) is 2.21. The van der Waals surface area contributed by atoms with Crippen molar-refractivity contribution in [2.45, 2.75) is 32.6 Å². The van der Waals surface area contributed by atoms with E-state index in [2.05, 4.69) is 5.32 Å². The van der Waals surface area contributed by atoms with Gasteiger partial charge in [-0.1, -0.05) is 30.7 Å². The summed E-state index contributed by atoms with van der Waals surface area (Å²) in [7, 11) is 0. The molecule has 0 saturated heterocycles. The van der Waals surface area contributed by atoms with E-state index < -0.39 is 11.9 Å². The molecule has 1 amide bonds. The van der Waals surface area contributed by atoms with Crippen molar-refractivity contribution in [2.24, 2.45) is 23.7 Å². The van der Waals surface area contributed by atoms with Gasteiger partial charge in [0.15, 0.2) is 0 Å². The molecule has 2 N–H and O–H groups in total. The summed E-state index contributed by atoms with van der Waals surface area (Å²) >= 11 is 0. The van der Waals surface area contributed by atoms with Gasteiger partial charge in [-0.2, -0.15) is 0 Å². The molecule has 4 atom stereocenters. The fourth-order valence-electron chi connectivity index (χ4n) is 3.90. The summed E-state index contributed by atoms with van der Waals surface area (Å²) in [4.78, 5) is 23.6. The Morgan fingerprint density at radius 2 is 1.95 bits per heavy atom. The normalized spacial score (nSPS) is 27.0. The molecule has 1 unspecified atom stereocenters. The van der Waals surface area contributed by atoms with Crippen molar-refractivity contribution in [2.75, 3.05) is 6.54 Å². The summed E-state index contributed by atoms with van der Waals surface area (Å²) in [6, 6.07) is 7.81. The molecule has 2 fully saturated rings. The van der Waals surface area contributed by atoms with Crippen molar-refractivity contribution < 1.29 is 14.7 Å². The van der Waals surface area contributed by atoms with Gasteiger partial charge < -0.3 is 10.4 Å². The molecule has 2 aliphatic rings. The van der Waals surface area contributed by atoms with Crippen LogP contribution in [0.25, 0.3) is 0 Å². The van der Waals surface area contributed by atoms with Crippen LogP contribution in [0.1, 0.15) is 30.4 Å². The molecule has 4 nitrogen and oxygen atoms in total. The lowest BCUT2D eigenvalue weighted by molar-refractivity contribution is -0.141. The minimum Gasteiger partial charge on any atom is -0.481 e. The minimum atomic E-state index is -0.848. The second-order valence-electron chi connectivity index (χ2n) is 6.70. The molecule has 3 rings (SSSR count). The molecule has 0 spiro atoms. The average Bonchev–Trinajstić information content (AvgIpc) is 2.97. The van der Waals surface area contributed by atoms with Gasteiger partial charge in [-0.05, 0) is 49.1 Å². The van der Waals surface area contributed by atoms with Crippen LogP contribution in [0.15, 0.2) is 24.3 Å². The van der Waals surface area contributed by atoms with Crippen LogP contribution in [0.3, 0.4) is 0 Å². The van der Waals surface area contributed by atoms with Gasteiger partial charge in [0.05, 0.1) is 5.92 Å². The number of hydrogen-bond donors (Lipinski definition) is 2. The van der Waals surface area contributed by atoms with E-state index in [9.17, 15) is 14.7 Å². The van der Waals surface area contributed by atoms with E-state index >= 15 is 0 Å². The highest BCUT2D eigenvalue weighted by Crippen LogP contribution is 2.57. The molecule has 118 valence electrons. The standard InChI is InChI=1S/C18H23NO3/c1-11-5-2-3-6-12(11)9-13(18(21)22)10-19-17(20)16-14-7-4-8-15(14)16/h2-3,5-6,13-16H,4,7-10H2,1H3,(H,19,20)(H,21,22)/t13-,14-,15+,16?/m1/s1. The number of fused-ring (bicyclic) bond motifs is 1. The topological polar surface area (TPSA) is 66.4 Å². The molecule has 2 aliphatic carbocycles. The van der Waals surface area contributed by atoms with Crippen LogP contribution in [0.4, 0.5) is 0 Å². The monoisotopic (exact) mass is 301 g/mol. The van der Waals surface area contributed by atoms with E-state index in [0.717, 1.165) is 24.0 Å². The lowest BCUT2D eigenvalue weighted by atomic mass is 9.96. The van der Waals surface area contributed by atoms with Crippen molar-refractivity contribution >= 4 is 11.9 Å². The van der Waals surface area contributed by atoms with Crippen LogP contribution in [0.2, 0.25) is 0 Å². The summed E-state index contributed by atoms with van der Waals surface area (Å²) < 4.78 is 0. The summed E-state index contributed by atoms with van der Waals surface area (Å²) in [6.07, 6.45) is 4.02. The number of benzene rings is 1. The van der Waals surface area contributed by atoms with Gasteiger partial charge in [0.25, 0.3) is 0 Å². The first-order valence-electron chi connectivity index (χ1n) is 8.13. The Morgan fingerprint density at radius 1 is 1.27 bits per heavy atom. The molecule has 1 aromatic carbocycles. The van der Waals surface area contributed by atoms with Crippen molar-refractivity contribution in [3.63, 3.8) is 0 Å². The smallest absolute Gasteiger partial charge is 0.308 e. The Balaban J connectivity index is 1.55. The first kappa shape index (κ1) is 15.1. The molecule has 1 aromatic rings. The fourth-order valence-corrected chi connectivity index (χ4v) is 3.90. The Hall–Kier alpha value is -1.84. The third-order valence-corrected chi connectivity index (χ3v) is 5.31. The zero-order chi connectivity index (χ0) is 15.7. The van der Waals surface area contributed by atoms with Crippen molar-refractivity contribution in [3.8, 4) is 0 Å². The van der Waals surface area contributed by atoms with Crippen LogP contribution >= 0.6 is 0 Å². The second-order valence-corrected chi connectivity index (χ2v) is 6.70. The third kappa shape index (κ3) is 3.01. The van der Waals surface area contributed by atoms with Crippen LogP contribution in [0, 0.1) is 30.6 Å². The number of carbonyl (C=O) groups is 2. The number of carboxylic acids is 1. The maximum Gasteiger partial charge on any atom is 0.308 e. The predicted molar refractivity (Wildman–Crippen MR) is 83.3 cm³/mol. The number of rotatable bonds is 6. The Morgan fingerprint density at radius 3 is 2.59 bits per heavy atom. The van der Waals surface area contributed by atoms with Gasteiger partial charge in [0.2, 0.25) is 5.91 Å². The van der Waals surface area contributed by atoms with Gasteiger partial charge in [-0.15, -0.1) is 0 Å². The molecule has 2 saturated carbocycles. The Labute approximate surface area is 130 Å². The molecular weight excluding hydrogens is 278 g/mol. The number of nitrogens with one attached hydrogen (secondary N) is 1. The Kier molecular flexibility index (Phi) is 4.19. The van der Waals surface area contributed by atoms with Gasteiger partial charge in [0, 0.05) is 12.5 Å². The quantitative estimate of drug-likeness (QED) is 0.848. The molecule has 4 heteroatoms. The molecule has 0 heterocycles. The SMILES string of the molecule is Cc1ccccc1C[C@H](CNC(=O)C1[C@H]2CCC[C@@H]12)C(=O)O. The molecule has 22 heavy (non-hydrogen) atoms. The van der Waals surface area contributed by atoms with E-state index in [0.29, 0.717) is 18.3 Å². The number of aryl methyl sites for hydroxylation is 1. The van der Waals surface area contributed by atoms with E-state index in [1.165, 1.54) is 6.42 Å². The maximum absolute atomic E-state index is 12.2. The van der Waals surface area contributed by atoms with Crippen molar-refractivity contribution in [3.05, 3.63) is 35.4 Å². The summed E-state index contributed by atoms with van der Waals surface area (Å²) in [5.74, 6) is -0.0603. The first-order valence-corrected chi connectivity index (χ1v) is 8.13. The van der Waals surface area contributed by atoms with Gasteiger partial charge in [0.1, 0.15) is 0 Å². The first-order chi connectivity index (χ1) is 10.6. The highest BCUT2D eigenvalue weighted by atomic mass is 16.4. The molecule has 0 bridgehead atoms. The van der Waals surface area contributed by atoms with Crippen LogP contribution in [-0.4, -0.2) is 23.5 Å². The van der Waals surface area contributed by atoms with Crippen molar-refractivity contribution in [1.82, 2.24) is 5.32 Å². The molecule has 0 aromatic heterocycles. The van der Waals surface area contributed by atoms with Gasteiger partial charge in [-0.25, -0.2) is 0 Å². The fraction of sp³-hybridized carbons (Fsp3) is 0.556. The number of amides is 1. The molecule has 0 radical (unpaired) electrons. The zero-order valence-electron chi connectivity index (χ0n) is 12.9. The van der Waals surface area contributed by atoms with Crippen LogP contribution in [0.5, 0.6) is 0 Å². The Bertz CT molecular complexity index is 573. The van der Waals surface area contributed by atoms with E-state index in [1.54, 1.807) is 0 Å². The lowest BCUT2D eigenvalue weighted by Crippen LogP contribution is -2.35. The van der Waals surface area contributed by atoms with Crippen LogP contribution in [-0.2, 0) is 16.0 Å². The zero-order valence-corrected chi connectivity index (χ0v) is 12.9. The molecule has 0 aliphatic heterocycles. The number of carbonyl (C=O) groups excluding carboxylic acids is 1. The predicted octanol–water partition coefficient (Wildman–Crippen LogP) is 2.40. The van der Waals surface area contributed by atoms with Crippen molar-refractivity contribution in [1.29, 1.82) is 0 Å². The maximum atomic E-state index is 12.2. The number of hydrogen-bond acceptors (Lipinski definition) is 2. The van der Waals surface area contributed by atoms with Gasteiger partial charge >= 0.3 is 5.97 Å². The van der Waals surface area contributed by atoms with Crippen LogP contribution < -0.4 is 5.32 Å². The highest BCUT2D eigenvalue weighted by molar-refractivity contribution is 5.83. The second kappa shape index (κ2) is 6.11. The van der Waals surface area contributed by atoms with E-state index in [-0.39, 0.29) is 18.4 Å². The summed E-state index contributed by atoms with van der Waals surface area (Å²) in [5, 5.41) is 12.3. The molecular formula is C18H23NO3. The number of carboxylic acid groups (broad SMARTS) is 1. The average molecular weight is 301 g/mol. The summed E-state index contributed by atoms with van der Waals surface area (Å²) in [5.41, 5.74) is 2.13. The lowest BCUT2D eigenvalue weighted by Gasteiger charge is -2.15.